The number of fused-ring (bicyclic) bond motifs is 1. The van der Waals surface area contributed by atoms with Crippen molar-refractivity contribution >= 4 is 58.5 Å². The van der Waals surface area contributed by atoms with E-state index in [1.807, 2.05) is 61.5 Å². The third-order valence-corrected chi connectivity index (χ3v) is 7.66. The number of carbonyl (C=O) groups is 1. The highest BCUT2D eigenvalue weighted by Gasteiger charge is 2.36. The number of nitrogens with zero attached hydrogens (tertiary/aromatic N) is 3. The number of allylic oxidation sites excluding steroid dienone is 1. The number of carbonyl (C=O) groups excluding carboxylic acids is 1. The molecule has 0 fully saturated rings. The van der Waals surface area contributed by atoms with Gasteiger partial charge >= 0.3 is 5.97 Å². The van der Waals surface area contributed by atoms with Crippen molar-refractivity contribution in [1.82, 2.24) is 14.8 Å². The summed E-state index contributed by atoms with van der Waals surface area (Å²) in [5.41, 5.74) is 3.52. The fourth-order valence-corrected chi connectivity index (χ4v) is 5.65. The van der Waals surface area contributed by atoms with Gasteiger partial charge in [-0.05, 0) is 36.2 Å². The Morgan fingerprint density at radius 3 is 2.54 bits per heavy atom. The van der Waals surface area contributed by atoms with Crippen LogP contribution in [0, 0.1) is 0 Å². The van der Waals surface area contributed by atoms with E-state index in [-0.39, 0.29) is 6.61 Å². The van der Waals surface area contributed by atoms with Crippen molar-refractivity contribution in [3.8, 4) is 0 Å². The fraction of sp³-hybridized carbons (Fsp3) is 0.148. The van der Waals surface area contributed by atoms with Crippen LogP contribution in [0.1, 0.15) is 29.7 Å². The van der Waals surface area contributed by atoms with Crippen molar-refractivity contribution in [3.63, 3.8) is 0 Å². The van der Waals surface area contributed by atoms with E-state index in [1.54, 1.807) is 22.9 Å². The first-order valence-electron chi connectivity index (χ1n) is 11.4. The molecule has 2 heterocycles. The molecule has 1 atom stereocenters. The Balaban J connectivity index is 1.48. The van der Waals surface area contributed by atoms with Gasteiger partial charge in [0, 0.05) is 32.1 Å². The molecule has 1 aliphatic heterocycles. The summed E-state index contributed by atoms with van der Waals surface area (Å²) in [5.74, 6) is 0.611. The Hall–Kier alpha value is -2.97. The van der Waals surface area contributed by atoms with Gasteiger partial charge in [0.15, 0.2) is 0 Å². The first kappa shape index (κ1) is 25.7. The number of esters is 1. The number of hydrogen-bond donors (Lipinski definition) is 1. The molecule has 37 heavy (non-hydrogen) atoms. The Kier molecular flexibility index (Phi) is 7.76. The lowest BCUT2D eigenvalue weighted by molar-refractivity contribution is -0.140. The molecule has 10 heteroatoms. The molecule has 0 saturated carbocycles. The number of halogens is 3. The molecular formula is C27H21Cl3N4O2S. The second-order valence-corrected chi connectivity index (χ2v) is 10.5. The van der Waals surface area contributed by atoms with Gasteiger partial charge in [0.2, 0.25) is 11.1 Å². The predicted octanol–water partition coefficient (Wildman–Crippen LogP) is 7.56. The summed E-state index contributed by atoms with van der Waals surface area (Å²) in [7, 11) is 0. The van der Waals surface area contributed by atoms with Crippen LogP contribution in [-0.2, 0) is 21.9 Å². The highest BCUT2D eigenvalue weighted by Crippen LogP contribution is 2.40. The number of benzene rings is 3. The van der Waals surface area contributed by atoms with Crippen LogP contribution in [0.15, 0.2) is 89.2 Å². The van der Waals surface area contributed by atoms with E-state index >= 15 is 0 Å². The van der Waals surface area contributed by atoms with E-state index in [2.05, 4.69) is 10.3 Å². The molecule has 0 radical (unpaired) electrons. The number of aromatic nitrogens is 3. The van der Waals surface area contributed by atoms with E-state index in [0.717, 1.165) is 11.1 Å². The molecule has 6 nitrogen and oxygen atoms in total. The molecule has 1 aromatic heterocycles. The van der Waals surface area contributed by atoms with Gasteiger partial charge in [0.05, 0.1) is 5.57 Å². The molecule has 0 amide bonds. The minimum absolute atomic E-state index is 0.140. The molecular weight excluding hydrogens is 551 g/mol. The monoisotopic (exact) mass is 570 g/mol. The first-order chi connectivity index (χ1) is 17.9. The van der Waals surface area contributed by atoms with Crippen molar-refractivity contribution in [2.45, 2.75) is 30.5 Å². The van der Waals surface area contributed by atoms with Gasteiger partial charge in [0.25, 0.3) is 0 Å². The topological polar surface area (TPSA) is 69.0 Å². The summed E-state index contributed by atoms with van der Waals surface area (Å²) < 4.78 is 7.37. The Morgan fingerprint density at radius 2 is 1.78 bits per heavy atom. The Labute approximate surface area is 233 Å². The number of rotatable bonds is 7. The van der Waals surface area contributed by atoms with Crippen molar-refractivity contribution in [2.75, 3.05) is 5.32 Å². The summed E-state index contributed by atoms with van der Waals surface area (Å²) in [4.78, 5) is 18.1. The van der Waals surface area contributed by atoms with E-state index in [9.17, 15) is 4.79 Å². The second-order valence-electron chi connectivity index (χ2n) is 8.34. The third-order valence-electron chi connectivity index (χ3n) is 5.84. The molecule has 188 valence electrons. The maximum atomic E-state index is 13.4. The molecule has 0 saturated heterocycles. The Morgan fingerprint density at radius 1 is 1.03 bits per heavy atom. The molecule has 1 unspecified atom stereocenters. The van der Waals surface area contributed by atoms with Crippen molar-refractivity contribution in [3.05, 3.63) is 116 Å². The highest BCUT2D eigenvalue weighted by molar-refractivity contribution is 7.98. The van der Waals surface area contributed by atoms with E-state index in [0.29, 0.717) is 48.8 Å². The zero-order valence-electron chi connectivity index (χ0n) is 19.6. The zero-order valence-corrected chi connectivity index (χ0v) is 22.7. The lowest BCUT2D eigenvalue weighted by Gasteiger charge is -2.28. The van der Waals surface area contributed by atoms with Gasteiger partial charge in [-0.25, -0.2) is 9.48 Å². The van der Waals surface area contributed by atoms with Crippen molar-refractivity contribution in [1.29, 1.82) is 0 Å². The summed E-state index contributed by atoms with van der Waals surface area (Å²) in [6, 6.07) is 21.7. The van der Waals surface area contributed by atoms with Crippen LogP contribution in [0.25, 0.3) is 0 Å². The quantitative estimate of drug-likeness (QED) is 0.182. The third kappa shape index (κ3) is 5.65. The minimum atomic E-state index is -0.661. The SMILES string of the molecule is CC1=C(C(=O)OCc2ccccc2)C(c2ccc(Cl)cc2Cl)n2nc(SCc3ccccc3Cl)nc2N1. The molecule has 0 spiro atoms. The second kappa shape index (κ2) is 11.2. The average molecular weight is 572 g/mol. The van der Waals surface area contributed by atoms with Gasteiger partial charge in [0.1, 0.15) is 12.6 Å². The Bertz CT molecular complexity index is 1490. The zero-order chi connectivity index (χ0) is 25.9. The van der Waals surface area contributed by atoms with Crippen LogP contribution in [0.3, 0.4) is 0 Å². The highest BCUT2D eigenvalue weighted by atomic mass is 35.5. The number of hydrogen-bond acceptors (Lipinski definition) is 6. The van der Waals surface area contributed by atoms with Crippen LogP contribution in [0.2, 0.25) is 15.1 Å². The first-order valence-corrected chi connectivity index (χ1v) is 13.5. The molecule has 5 rings (SSSR count). The minimum Gasteiger partial charge on any atom is -0.457 e. The van der Waals surface area contributed by atoms with Crippen LogP contribution in [-0.4, -0.2) is 20.7 Å². The van der Waals surface area contributed by atoms with Gasteiger partial charge in [-0.1, -0.05) is 101 Å². The van der Waals surface area contributed by atoms with Crippen LogP contribution < -0.4 is 5.32 Å². The van der Waals surface area contributed by atoms with Gasteiger partial charge in [-0.2, -0.15) is 4.98 Å². The fourth-order valence-electron chi connectivity index (χ4n) is 4.03. The molecule has 0 bridgehead atoms. The summed E-state index contributed by atoms with van der Waals surface area (Å²) in [6.45, 7) is 1.95. The molecule has 4 aromatic rings. The maximum Gasteiger partial charge on any atom is 0.338 e. The van der Waals surface area contributed by atoms with Gasteiger partial charge in [-0.3, -0.25) is 0 Å². The normalized spacial score (nSPS) is 14.8. The molecule has 1 aliphatic rings. The predicted molar refractivity (Wildman–Crippen MR) is 148 cm³/mol. The van der Waals surface area contributed by atoms with E-state index < -0.39 is 12.0 Å². The maximum absolute atomic E-state index is 13.4. The summed E-state index contributed by atoms with van der Waals surface area (Å²) >= 11 is 20.6. The largest absolute Gasteiger partial charge is 0.457 e. The average Bonchev–Trinajstić information content (AvgIpc) is 3.29. The van der Waals surface area contributed by atoms with Crippen LogP contribution >= 0.6 is 46.6 Å². The lowest BCUT2D eigenvalue weighted by atomic mass is 9.95. The smallest absolute Gasteiger partial charge is 0.338 e. The van der Waals surface area contributed by atoms with Crippen molar-refractivity contribution in [2.24, 2.45) is 0 Å². The van der Waals surface area contributed by atoms with Crippen molar-refractivity contribution < 1.29 is 9.53 Å². The van der Waals surface area contributed by atoms with Gasteiger partial charge in [-0.15, -0.1) is 5.10 Å². The number of anilines is 1. The molecule has 1 N–H and O–H groups in total. The van der Waals surface area contributed by atoms with Crippen LogP contribution in [0.5, 0.6) is 0 Å². The van der Waals surface area contributed by atoms with Gasteiger partial charge < -0.3 is 10.1 Å². The van der Waals surface area contributed by atoms with Crippen LogP contribution in [0.4, 0.5) is 5.95 Å². The molecule has 3 aromatic carbocycles. The number of ether oxygens (including phenoxy) is 1. The summed E-state index contributed by atoms with van der Waals surface area (Å²) in [6.07, 6.45) is 0. The summed E-state index contributed by atoms with van der Waals surface area (Å²) in [5, 5.41) is 10.1. The van der Waals surface area contributed by atoms with E-state index in [1.165, 1.54) is 11.8 Å². The van der Waals surface area contributed by atoms with E-state index in [4.69, 9.17) is 44.6 Å². The standard InChI is InChI=1S/C27H21Cl3N4O2S/c1-16-23(25(35)36-14-17-7-3-2-4-8-17)24(20-12-11-19(28)13-22(20)30)34-26(31-16)32-27(33-34)37-15-18-9-5-6-10-21(18)29/h2-13,24H,14-15H2,1H3,(H,31,32,33). The number of nitrogens with one attached hydrogen (secondary N) is 1. The lowest BCUT2D eigenvalue weighted by Crippen LogP contribution is -2.29. The molecule has 0 aliphatic carbocycles. The number of thioether (sulfide) groups is 1.